The van der Waals surface area contributed by atoms with Crippen LogP contribution in [-0.4, -0.2) is 26.0 Å². The maximum atomic E-state index is 11.3. The molecule has 0 unspecified atom stereocenters. The lowest BCUT2D eigenvalue weighted by molar-refractivity contribution is 0.100. The van der Waals surface area contributed by atoms with Crippen molar-refractivity contribution in [2.45, 2.75) is 6.42 Å². The molecule has 0 fully saturated rings. The first-order valence-electron chi connectivity index (χ1n) is 5.07. The molecule has 0 saturated carbocycles. The number of carbonyl (C=O) groups is 1. The van der Waals surface area contributed by atoms with Gasteiger partial charge in [-0.2, -0.15) is 0 Å². The fourth-order valence-corrected chi connectivity index (χ4v) is 1.79. The zero-order valence-corrected chi connectivity index (χ0v) is 10.00. The quantitative estimate of drug-likeness (QED) is 0.814. The molecule has 4 nitrogen and oxygen atoms in total. The Bertz CT molecular complexity index is 381. The van der Waals surface area contributed by atoms with Gasteiger partial charge >= 0.3 is 0 Å². The lowest BCUT2D eigenvalue weighted by Crippen LogP contribution is -2.25. The standard InChI is InChI=1S/C11H16ClN3O/c1-15(7-3-6-13)9-5-2-4-8(12)10(9)11(14)16/h2,4-5H,3,6-7,13H2,1H3,(H2,14,16). The highest BCUT2D eigenvalue weighted by molar-refractivity contribution is 6.34. The largest absolute Gasteiger partial charge is 0.374 e. The Morgan fingerprint density at radius 2 is 2.19 bits per heavy atom. The summed E-state index contributed by atoms with van der Waals surface area (Å²) in [6.07, 6.45) is 0.848. The van der Waals surface area contributed by atoms with Crippen LogP contribution < -0.4 is 16.4 Å². The van der Waals surface area contributed by atoms with Gasteiger partial charge in [-0.1, -0.05) is 17.7 Å². The van der Waals surface area contributed by atoms with Crippen molar-refractivity contribution in [1.82, 2.24) is 0 Å². The molecule has 0 aromatic heterocycles. The molecule has 0 aliphatic rings. The van der Waals surface area contributed by atoms with Crippen molar-refractivity contribution >= 4 is 23.2 Å². The predicted molar refractivity (Wildman–Crippen MR) is 66.9 cm³/mol. The number of benzene rings is 1. The molecule has 1 amide bonds. The fraction of sp³-hybridized carbons (Fsp3) is 0.364. The summed E-state index contributed by atoms with van der Waals surface area (Å²) in [5.41, 5.74) is 11.9. The number of hydrogen-bond acceptors (Lipinski definition) is 3. The van der Waals surface area contributed by atoms with Crippen molar-refractivity contribution in [2.24, 2.45) is 11.5 Å². The van der Waals surface area contributed by atoms with E-state index in [2.05, 4.69) is 0 Å². The topological polar surface area (TPSA) is 72.3 Å². The van der Waals surface area contributed by atoms with E-state index in [0.717, 1.165) is 18.7 Å². The third-order valence-electron chi connectivity index (χ3n) is 2.35. The Kier molecular flexibility index (Phi) is 4.58. The molecule has 0 spiro atoms. The zero-order chi connectivity index (χ0) is 12.1. The van der Waals surface area contributed by atoms with Gasteiger partial charge in [0.2, 0.25) is 0 Å². The smallest absolute Gasteiger partial charge is 0.252 e. The molecular weight excluding hydrogens is 226 g/mol. The van der Waals surface area contributed by atoms with Gasteiger partial charge in [-0.15, -0.1) is 0 Å². The number of rotatable bonds is 5. The lowest BCUT2D eigenvalue weighted by atomic mass is 10.1. The Labute approximate surface area is 100 Å². The van der Waals surface area contributed by atoms with Crippen LogP contribution in [0.4, 0.5) is 5.69 Å². The Morgan fingerprint density at radius 1 is 1.50 bits per heavy atom. The maximum Gasteiger partial charge on any atom is 0.252 e. The average Bonchev–Trinajstić information content (AvgIpc) is 2.24. The maximum absolute atomic E-state index is 11.3. The Hall–Kier alpha value is -1.26. The second-order valence-electron chi connectivity index (χ2n) is 3.56. The minimum atomic E-state index is -0.514. The van der Waals surface area contributed by atoms with Gasteiger partial charge in [0.05, 0.1) is 16.3 Å². The van der Waals surface area contributed by atoms with E-state index in [1.165, 1.54) is 0 Å². The highest BCUT2D eigenvalue weighted by atomic mass is 35.5. The third-order valence-corrected chi connectivity index (χ3v) is 2.66. The van der Waals surface area contributed by atoms with Crippen molar-refractivity contribution in [3.63, 3.8) is 0 Å². The van der Waals surface area contributed by atoms with Crippen LogP contribution in [0.2, 0.25) is 5.02 Å². The molecule has 0 atom stereocenters. The summed E-state index contributed by atoms with van der Waals surface area (Å²) in [5.74, 6) is -0.514. The molecule has 1 aromatic rings. The summed E-state index contributed by atoms with van der Waals surface area (Å²) in [7, 11) is 1.88. The van der Waals surface area contributed by atoms with Crippen LogP contribution in [0.1, 0.15) is 16.8 Å². The second kappa shape index (κ2) is 5.72. The molecule has 16 heavy (non-hydrogen) atoms. The lowest BCUT2D eigenvalue weighted by Gasteiger charge is -2.21. The minimum absolute atomic E-state index is 0.365. The van der Waals surface area contributed by atoms with E-state index in [1.54, 1.807) is 12.1 Å². The summed E-state index contributed by atoms with van der Waals surface area (Å²) >= 11 is 5.95. The third kappa shape index (κ3) is 2.87. The molecule has 0 bridgehead atoms. The first-order valence-corrected chi connectivity index (χ1v) is 5.45. The molecule has 0 aliphatic carbocycles. The van der Waals surface area contributed by atoms with Crippen molar-refractivity contribution in [3.8, 4) is 0 Å². The van der Waals surface area contributed by atoms with E-state index in [9.17, 15) is 4.79 Å². The van der Waals surface area contributed by atoms with Gasteiger partial charge in [0.15, 0.2) is 0 Å². The summed E-state index contributed by atoms with van der Waals surface area (Å²) in [5, 5.41) is 0.379. The van der Waals surface area contributed by atoms with E-state index in [0.29, 0.717) is 17.1 Å². The summed E-state index contributed by atoms with van der Waals surface area (Å²) in [6.45, 7) is 1.37. The van der Waals surface area contributed by atoms with Gasteiger partial charge < -0.3 is 16.4 Å². The number of halogens is 1. The van der Waals surface area contributed by atoms with Crippen LogP contribution in [0.15, 0.2) is 18.2 Å². The average molecular weight is 242 g/mol. The minimum Gasteiger partial charge on any atom is -0.374 e. The number of nitrogens with zero attached hydrogens (tertiary/aromatic N) is 1. The van der Waals surface area contributed by atoms with Gasteiger partial charge in [-0.25, -0.2) is 0 Å². The number of anilines is 1. The molecular formula is C11H16ClN3O. The molecule has 0 heterocycles. The number of nitrogens with two attached hydrogens (primary N) is 2. The fourth-order valence-electron chi connectivity index (χ4n) is 1.52. The number of hydrogen-bond donors (Lipinski definition) is 2. The molecule has 0 saturated heterocycles. The monoisotopic (exact) mass is 241 g/mol. The zero-order valence-electron chi connectivity index (χ0n) is 9.24. The highest BCUT2D eigenvalue weighted by Crippen LogP contribution is 2.26. The molecule has 88 valence electrons. The van der Waals surface area contributed by atoms with Crippen LogP contribution in [0.25, 0.3) is 0 Å². The summed E-state index contributed by atoms with van der Waals surface area (Å²) < 4.78 is 0. The summed E-state index contributed by atoms with van der Waals surface area (Å²) in [4.78, 5) is 13.2. The molecule has 5 heteroatoms. The molecule has 0 radical (unpaired) electrons. The van der Waals surface area contributed by atoms with Crippen LogP contribution in [0.5, 0.6) is 0 Å². The normalized spacial score (nSPS) is 10.2. The van der Waals surface area contributed by atoms with E-state index in [-0.39, 0.29) is 0 Å². The number of primary amides is 1. The SMILES string of the molecule is CN(CCCN)c1cccc(Cl)c1C(N)=O. The first-order chi connectivity index (χ1) is 7.57. The van der Waals surface area contributed by atoms with E-state index in [4.69, 9.17) is 23.1 Å². The van der Waals surface area contributed by atoms with E-state index < -0.39 is 5.91 Å². The molecule has 4 N–H and O–H groups in total. The molecule has 1 rings (SSSR count). The van der Waals surface area contributed by atoms with Crippen LogP contribution in [0.3, 0.4) is 0 Å². The van der Waals surface area contributed by atoms with Crippen LogP contribution in [-0.2, 0) is 0 Å². The van der Waals surface area contributed by atoms with Gasteiger partial charge in [-0.05, 0) is 25.1 Å². The Balaban J connectivity index is 3.02. The van der Waals surface area contributed by atoms with E-state index >= 15 is 0 Å². The predicted octanol–water partition coefficient (Wildman–Crippen LogP) is 1.22. The molecule has 0 aliphatic heterocycles. The van der Waals surface area contributed by atoms with E-state index in [1.807, 2.05) is 18.0 Å². The Morgan fingerprint density at radius 3 is 2.75 bits per heavy atom. The van der Waals surface area contributed by atoms with Gasteiger partial charge in [0, 0.05) is 13.6 Å². The van der Waals surface area contributed by atoms with Gasteiger partial charge in [-0.3, -0.25) is 4.79 Å². The van der Waals surface area contributed by atoms with Crippen molar-refractivity contribution < 1.29 is 4.79 Å². The number of amides is 1. The van der Waals surface area contributed by atoms with Crippen LogP contribution >= 0.6 is 11.6 Å². The second-order valence-corrected chi connectivity index (χ2v) is 3.97. The number of carbonyl (C=O) groups excluding carboxylic acids is 1. The van der Waals surface area contributed by atoms with Gasteiger partial charge in [0.1, 0.15) is 0 Å². The first kappa shape index (κ1) is 12.8. The summed E-state index contributed by atoms with van der Waals surface area (Å²) in [6, 6.07) is 5.27. The van der Waals surface area contributed by atoms with Gasteiger partial charge in [0.25, 0.3) is 5.91 Å². The van der Waals surface area contributed by atoms with Crippen molar-refractivity contribution in [2.75, 3.05) is 25.0 Å². The highest BCUT2D eigenvalue weighted by Gasteiger charge is 2.14. The van der Waals surface area contributed by atoms with Crippen molar-refractivity contribution in [1.29, 1.82) is 0 Å². The van der Waals surface area contributed by atoms with Crippen LogP contribution in [0, 0.1) is 0 Å². The molecule has 1 aromatic carbocycles. The van der Waals surface area contributed by atoms with Crippen molar-refractivity contribution in [3.05, 3.63) is 28.8 Å².